The number of anilines is 3. The lowest BCUT2D eigenvalue weighted by atomic mass is 10.2. The molecular formula is C19H19N5O2. The molecule has 0 radical (unpaired) electrons. The van der Waals surface area contributed by atoms with E-state index in [9.17, 15) is 10.1 Å². The maximum absolute atomic E-state index is 11.7. The van der Waals surface area contributed by atoms with Gasteiger partial charge in [-0.1, -0.05) is 42.5 Å². The predicted octanol–water partition coefficient (Wildman–Crippen LogP) is 4.07. The van der Waals surface area contributed by atoms with E-state index in [-0.39, 0.29) is 17.3 Å². The first kappa shape index (κ1) is 17.3. The quantitative estimate of drug-likeness (QED) is 0.533. The Kier molecular flexibility index (Phi) is 5.07. The van der Waals surface area contributed by atoms with Crippen molar-refractivity contribution in [2.75, 3.05) is 17.3 Å². The zero-order valence-electron chi connectivity index (χ0n) is 14.6. The Balaban J connectivity index is 1.94. The first-order valence-corrected chi connectivity index (χ1v) is 8.13. The van der Waals surface area contributed by atoms with E-state index in [1.165, 1.54) is 6.33 Å². The molecule has 0 saturated carbocycles. The molecular weight excluding hydrogens is 330 g/mol. The van der Waals surface area contributed by atoms with Gasteiger partial charge in [-0.3, -0.25) is 10.1 Å². The molecule has 3 aromatic rings. The maximum atomic E-state index is 11.7. The molecule has 0 amide bonds. The summed E-state index contributed by atoms with van der Waals surface area (Å²) in [5.74, 6) is 0.439. The number of hydrogen-bond acceptors (Lipinski definition) is 6. The Morgan fingerprint density at radius 2 is 1.88 bits per heavy atom. The lowest BCUT2D eigenvalue weighted by Crippen LogP contribution is -2.20. The first-order chi connectivity index (χ1) is 12.5. The Bertz CT molecular complexity index is 915. The van der Waals surface area contributed by atoms with E-state index in [1.54, 1.807) is 11.9 Å². The fourth-order valence-electron chi connectivity index (χ4n) is 2.70. The van der Waals surface area contributed by atoms with Crippen molar-refractivity contribution >= 4 is 23.0 Å². The third kappa shape index (κ3) is 3.94. The third-order valence-electron chi connectivity index (χ3n) is 3.89. The van der Waals surface area contributed by atoms with Gasteiger partial charge < -0.3 is 10.2 Å². The monoisotopic (exact) mass is 349 g/mol. The van der Waals surface area contributed by atoms with E-state index in [0.29, 0.717) is 6.54 Å². The second-order valence-corrected chi connectivity index (χ2v) is 5.99. The summed E-state index contributed by atoms with van der Waals surface area (Å²) in [6, 6.07) is 17.3. The summed E-state index contributed by atoms with van der Waals surface area (Å²) in [7, 11) is 1.78. The van der Waals surface area contributed by atoms with Gasteiger partial charge in [0.1, 0.15) is 6.33 Å². The zero-order chi connectivity index (χ0) is 18.5. The van der Waals surface area contributed by atoms with Gasteiger partial charge in [0.25, 0.3) is 0 Å². The molecule has 132 valence electrons. The van der Waals surface area contributed by atoms with Crippen LogP contribution in [0.1, 0.15) is 11.1 Å². The molecule has 0 aliphatic heterocycles. The number of benzene rings is 2. The minimum Gasteiger partial charge on any atom is -0.349 e. The Morgan fingerprint density at radius 1 is 1.12 bits per heavy atom. The number of hydrogen-bond donors (Lipinski definition) is 1. The Labute approximate surface area is 151 Å². The molecule has 0 aliphatic rings. The Hall–Kier alpha value is -3.48. The number of aromatic nitrogens is 2. The van der Waals surface area contributed by atoms with Crippen molar-refractivity contribution in [2.24, 2.45) is 0 Å². The molecule has 26 heavy (non-hydrogen) atoms. The second kappa shape index (κ2) is 7.60. The van der Waals surface area contributed by atoms with Gasteiger partial charge in [-0.25, -0.2) is 9.97 Å². The normalized spacial score (nSPS) is 10.4. The van der Waals surface area contributed by atoms with Crippen LogP contribution in [0, 0.1) is 17.0 Å². The van der Waals surface area contributed by atoms with Gasteiger partial charge in [-0.2, -0.15) is 0 Å². The molecule has 0 aliphatic carbocycles. The summed E-state index contributed by atoms with van der Waals surface area (Å²) >= 11 is 0. The van der Waals surface area contributed by atoms with Crippen molar-refractivity contribution in [2.45, 2.75) is 13.5 Å². The van der Waals surface area contributed by atoms with Crippen molar-refractivity contribution in [3.8, 4) is 0 Å². The van der Waals surface area contributed by atoms with E-state index in [1.807, 2.05) is 61.5 Å². The highest BCUT2D eigenvalue weighted by Crippen LogP contribution is 2.33. The van der Waals surface area contributed by atoms with Gasteiger partial charge in [0.05, 0.1) is 4.92 Å². The van der Waals surface area contributed by atoms with E-state index in [0.717, 1.165) is 16.8 Å². The molecule has 2 aromatic carbocycles. The summed E-state index contributed by atoms with van der Waals surface area (Å²) in [6.07, 6.45) is 1.34. The van der Waals surface area contributed by atoms with Crippen molar-refractivity contribution in [3.05, 3.63) is 82.2 Å². The largest absolute Gasteiger partial charge is 0.353 e. The van der Waals surface area contributed by atoms with Gasteiger partial charge in [-0.05, 0) is 30.2 Å². The van der Waals surface area contributed by atoms with Crippen LogP contribution in [0.2, 0.25) is 0 Å². The fraction of sp³-hybridized carbons (Fsp3) is 0.158. The van der Waals surface area contributed by atoms with Crippen LogP contribution in [0.25, 0.3) is 0 Å². The average molecular weight is 349 g/mol. The molecule has 0 fully saturated rings. The van der Waals surface area contributed by atoms with E-state index >= 15 is 0 Å². The smallest absolute Gasteiger partial charge is 0.349 e. The summed E-state index contributed by atoms with van der Waals surface area (Å²) in [4.78, 5) is 21.2. The van der Waals surface area contributed by atoms with Crippen LogP contribution in [-0.4, -0.2) is 21.9 Å². The maximum Gasteiger partial charge on any atom is 0.353 e. The summed E-state index contributed by atoms with van der Waals surface area (Å²) in [5, 5.41) is 14.7. The Morgan fingerprint density at radius 3 is 2.58 bits per heavy atom. The molecule has 0 atom stereocenters. The van der Waals surface area contributed by atoms with Crippen molar-refractivity contribution in [1.29, 1.82) is 0 Å². The highest BCUT2D eigenvalue weighted by molar-refractivity contribution is 5.74. The molecule has 7 heteroatoms. The number of rotatable bonds is 6. The SMILES string of the molecule is Cc1cccc(Nc2ncnc(N(C)Cc3ccccc3)c2[N+](=O)[O-])c1. The van der Waals surface area contributed by atoms with Crippen LogP contribution in [0.3, 0.4) is 0 Å². The minimum absolute atomic E-state index is 0.146. The van der Waals surface area contributed by atoms with Crippen molar-refractivity contribution in [3.63, 3.8) is 0 Å². The summed E-state index contributed by atoms with van der Waals surface area (Å²) in [5.41, 5.74) is 2.68. The molecule has 1 N–H and O–H groups in total. The van der Waals surface area contributed by atoms with Gasteiger partial charge in [0.15, 0.2) is 0 Å². The van der Waals surface area contributed by atoms with E-state index in [4.69, 9.17) is 0 Å². The zero-order valence-corrected chi connectivity index (χ0v) is 14.6. The molecule has 7 nitrogen and oxygen atoms in total. The van der Waals surface area contributed by atoms with Crippen LogP contribution < -0.4 is 10.2 Å². The van der Waals surface area contributed by atoms with Crippen LogP contribution in [0.15, 0.2) is 60.9 Å². The number of nitrogens with zero attached hydrogens (tertiary/aromatic N) is 4. The molecule has 0 unspecified atom stereocenters. The average Bonchev–Trinajstić information content (AvgIpc) is 2.62. The fourth-order valence-corrected chi connectivity index (χ4v) is 2.70. The van der Waals surface area contributed by atoms with E-state index in [2.05, 4.69) is 15.3 Å². The summed E-state index contributed by atoms with van der Waals surface area (Å²) < 4.78 is 0. The molecule has 0 bridgehead atoms. The molecule has 1 aromatic heterocycles. The second-order valence-electron chi connectivity index (χ2n) is 5.99. The molecule has 3 rings (SSSR count). The first-order valence-electron chi connectivity index (χ1n) is 8.13. The standard InChI is InChI=1S/C19H19N5O2/c1-14-7-6-10-16(11-14)22-18-17(24(25)26)19(21-13-20-18)23(2)12-15-8-4-3-5-9-15/h3-11,13H,12H2,1-2H3,(H,20,21,22). The van der Waals surface area contributed by atoms with Crippen LogP contribution >= 0.6 is 0 Å². The number of nitrogens with one attached hydrogen (secondary N) is 1. The minimum atomic E-state index is -0.449. The van der Waals surface area contributed by atoms with E-state index < -0.39 is 4.92 Å². The predicted molar refractivity (Wildman–Crippen MR) is 102 cm³/mol. The topological polar surface area (TPSA) is 84.2 Å². The number of aryl methyl sites for hydroxylation is 1. The summed E-state index contributed by atoms with van der Waals surface area (Å²) in [6.45, 7) is 2.46. The van der Waals surface area contributed by atoms with Gasteiger partial charge in [0, 0.05) is 19.3 Å². The van der Waals surface area contributed by atoms with Gasteiger partial charge in [-0.15, -0.1) is 0 Å². The highest BCUT2D eigenvalue weighted by atomic mass is 16.6. The highest BCUT2D eigenvalue weighted by Gasteiger charge is 2.25. The number of nitro groups is 1. The van der Waals surface area contributed by atoms with Crippen LogP contribution in [0.5, 0.6) is 0 Å². The lowest BCUT2D eigenvalue weighted by Gasteiger charge is -2.19. The molecule has 0 spiro atoms. The van der Waals surface area contributed by atoms with Crippen LogP contribution in [0.4, 0.5) is 23.0 Å². The molecule has 1 heterocycles. The third-order valence-corrected chi connectivity index (χ3v) is 3.89. The molecule has 0 saturated heterocycles. The van der Waals surface area contributed by atoms with Crippen LogP contribution in [-0.2, 0) is 6.54 Å². The van der Waals surface area contributed by atoms with Gasteiger partial charge >= 0.3 is 5.69 Å². The van der Waals surface area contributed by atoms with Crippen molar-refractivity contribution in [1.82, 2.24) is 9.97 Å². The van der Waals surface area contributed by atoms with Crippen molar-refractivity contribution < 1.29 is 4.92 Å². The van der Waals surface area contributed by atoms with Gasteiger partial charge in [0.2, 0.25) is 11.6 Å². The lowest BCUT2D eigenvalue weighted by molar-refractivity contribution is -0.383.